The average molecular weight is 289 g/mol. The first-order valence-corrected chi connectivity index (χ1v) is 7.38. The van der Waals surface area contributed by atoms with Crippen molar-refractivity contribution >= 4 is 0 Å². The summed E-state index contributed by atoms with van der Waals surface area (Å²) in [7, 11) is 0. The topological polar surface area (TPSA) is 46.2 Å². The molecule has 0 saturated carbocycles. The van der Waals surface area contributed by atoms with Crippen LogP contribution in [-0.4, -0.2) is 5.11 Å². The third-order valence-corrected chi connectivity index (χ3v) is 3.96. The van der Waals surface area contributed by atoms with Crippen molar-refractivity contribution in [3.63, 3.8) is 0 Å². The van der Waals surface area contributed by atoms with Gasteiger partial charge in [0.2, 0.25) is 0 Å². The van der Waals surface area contributed by atoms with Crippen LogP contribution in [0.5, 0.6) is 0 Å². The molecule has 3 aromatic carbocycles. The van der Waals surface area contributed by atoms with Gasteiger partial charge in [0.15, 0.2) is 0 Å². The van der Waals surface area contributed by atoms with Crippen LogP contribution in [0.2, 0.25) is 0 Å². The van der Waals surface area contributed by atoms with Gasteiger partial charge in [0.1, 0.15) is 5.60 Å². The van der Waals surface area contributed by atoms with Crippen LogP contribution in [0.1, 0.15) is 22.3 Å². The minimum Gasteiger partial charge on any atom is -0.376 e. The number of benzene rings is 3. The van der Waals surface area contributed by atoms with E-state index in [1.165, 1.54) is 0 Å². The Bertz CT molecular complexity index is 698. The molecule has 0 spiro atoms. The molecule has 0 aliphatic heterocycles. The number of aliphatic hydroxyl groups is 1. The predicted molar refractivity (Wildman–Crippen MR) is 89.3 cm³/mol. The number of hydrogen-bond donors (Lipinski definition) is 2. The van der Waals surface area contributed by atoms with Crippen molar-refractivity contribution in [1.82, 2.24) is 0 Å². The molecular formula is C20H19NO. The van der Waals surface area contributed by atoms with Crippen LogP contribution in [0, 0.1) is 0 Å². The van der Waals surface area contributed by atoms with Gasteiger partial charge in [0.25, 0.3) is 0 Å². The standard InChI is InChI=1S/C20H19NO/c21-15-16-8-7-13-19(14-16)20(22,17-9-3-1-4-10-17)18-11-5-2-6-12-18/h1-14,22H,15,21H2. The molecule has 110 valence electrons. The maximum Gasteiger partial charge on any atom is 0.140 e. The van der Waals surface area contributed by atoms with E-state index in [1.807, 2.05) is 84.9 Å². The molecule has 0 unspecified atom stereocenters. The van der Waals surface area contributed by atoms with Crippen molar-refractivity contribution in [2.24, 2.45) is 5.73 Å². The third-order valence-electron chi connectivity index (χ3n) is 3.96. The maximum absolute atomic E-state index is 11.6. The lowest BCUT2D eigenvalue weighted by Gasteiger charge is -2.30. The van der Waals surface area contributed by atoms with Crippen molar-refractivity contribution < 1.29 is 5.11 Å². The molecule has 22 heavy (non-hydrogen) atoms. The van der Waals surface area contributed by atoms with Crippen LogP contribution in [0.25, 0.3) is 0 Å². The summed E-state index contributed by atoms with van der Waals surface area (Å²) in [4.78, 5) is 0. The Kier molecular flexibility index (Phi) is 4.05. The van der Waals surface area contributed by atoms with Gasteiger partial charge >= 0.3 is 0 Å². The van der Waals surface area contributed by atoms with Crippen LogP contribution < -0.4 is 5.73 Å². The molecule has 3 N–H and O–H groups in total. The minimum atomic E-state index is -1.19. The molecular weight excluding hydrogens is 270 g/mol. The zero-order valence-electron chi connectivity index (χ0n) is 12.3. The summed E-state index contributed by atoms with van der Waals surface area (Å²) >= 11 is 0. The predicted octanol–water partition coefficient (Wildman–Crippen LogP) is 3.43. The fraction of sp³-hybridized carbons (Fsp3) is 0.100. The lowest BCUT2D eigenvalue weighted by molar-refractivity contribution is 0.125. The van der Waals surface area contributed by atoms with E-state index >= 15 is 0 Å². The highest BCUT2D eigenvalue weighted by molar-refractivity contribution is 5.47. The second-order valence-electron chi connectivity index (χ2n) is 5.35. The highest BCUT2D eigenvalue weighted by atomic mass is 16.3. The van der Waals surface area contributed by atoms with E-state index < -0.39 is 5.60 Å². The van der Waals surface area contributed by atoms with E-state index in [2.05, 4.69) is 0 Å². The van der Waals surface area contributed by atoms with Gasteiger partial charge in [-0.3, -0.25) is 0 Å². The van der Waals surface area contributed by atoms with Gasteiger partial charge in [0, 0.05) is 6.54 Å². The lowest BCUT2D eigenvalue weighted by atomic mass is 9.80. The smallest absolute Gasteiger partial charge is 0.140 e. The molecule has 0 aliphatic carbocycles. The zero-order valence-corrected chi connectivity index (χ0v) is 12.3. The molecule has 0 saturated heterocycles. The largest absolute Gasteiger partial charge is 0.376 e. The fourth-order valence-electron chi connectivity index (χ4n) is 2.78. The first kappa shape index (κ1) is 14.5. The molecule has 0 fully saturated rings. The van der Waals surface area contributed by atoms with Crippen LogP contribution in [-0.2, 0) is 12.1 Å². The average Bonchev–Trinajstić information content (AvgIpc) is 2.62. The van der Waals surface area contributed by atoms with Gasteiger partial charge in [-0.15, -0.1) is 0 Å². The summed E-state index contributed by atoms with van der Waals surface area (Å²) in [5.41, 5.74) is 8.09. The van der Waals surface area contributed by atoms with E-state index in [0.29, 0.717) is 6.54 Å². The van der Waals surface area contributed by atoms with Crippen molar-refractivity contribution in [1.29, 1.82) is 0 Å². The Morgan fingerprint density at radius 1 is 0.682 bits per heavy atom. The molecule has 0 atom stereocenters. The SMILES string of the molecule is NCc1cccc(C(O)(c2ccccc2)c2ccccc2)c1. The summed E-state index contributed by atoms with van der Waals surface area (Å²) in [6.07, 6.45) is 0. The number of rotatable bonds is 4. The third kappa shape index (κ3) is 2.54. The summed E-state index contributed by atoms with van der Waals surface area (Å²) in [6.45, 7) is 0.452. The lowest BCUT2D eigenvalue weighted by Crippen LogP contribution is -2.29. The zero-order chi connectivity index (χ0) is 15.4. The van der Waals surface area contributed by atoms with E-state index in [-0.39, 0.29) is 0 Å². The highest BCUT2D eigenvalue weighted by Gasteiger charge is 2.33. The maximum atomic E-state index is 11.6. The second kappa shape index (κ2) is 6.14. The Morgan fingerprint density at radius 3 is 1.68 bits per heavy atom. The van der Waals surface area contributed by atoms with Crippen LogP contribution >= 0.6 is 0 Å². The number of hydrogen-bond acceptors (Lipinski definition) is 2. The van der Waals surface area contributed by atoms with Gasteiger partial charge in [-0.2, -0.15) is 0 Å². The molecule has 0 amide bonds. The van der Waals surface area contributed by atoms with Crippen LogP contribution in [0.15, 0.2) is 84.9 Å². The summed E-state index contributed by atoms with van der Waals surface area (Å²) in [5.74, 6) is 0. The van der Waals surface area contributed by atoms with Crippen molar-refractivity contribution in [3.05, 3.63) is 107 Å². The van der Waals surface area contributed by atoms with Gasteiger partial charge in [-0.1, -0.05) is 84.9 Å². The summed E-state index contributed by atoms with van der Waals surface area (Å²) < 4.78 is 0. The molecule has 2 nitrogen and oxygen atoms in total. The molecule has 0 heterocycles. The first-order valence-electron chi connectivity index (χ1n) is 7.38. The Hall–Kier alpha value is -2.42. The van der Waals surface area contributed by atoms with Crippen molar-refractivity contribution in [2.45, 2.75) is 12.1 Å². The Morgan fingerprint density at radius 2 is 1.18 bits per heavy atom. The fourth-order valence-corrected chi connectivity index (χ4v) is 2.78. The van der Waals surface area contributed by atoms with Gasteiger partial charge in [-0.05, 0) is 22.3 Å². The Labute approximate surface area is 130 Å². The van der Waals surface area contributed by atoms with Gasteiger partial charge in [0.05, 0.1) is 0 Å². The van der Waals surface area contributed by atoms with E-state index in [9.17, 15) is 5.11 Å². The summed E-state index contributed by atoms with van der Waals surface area (Å²) in [5, 5.41) is 11.6. The molecule has 0 radical (unpaired) electrons. The van der Waals surface area contributed by atoms with Gasteiger partial charge in [-0.25, -0.2) is 0 Å². The first-order chi connectivity index (χ1) is 10.7. The molecule has 3 aromatic rings. The minimum absolute atomic E-state index is 0.452. The normalized spacial score (nSPS) is 11.4. The molecule has 0 aromatic heterocycles. The van der Waals surface area contributed by atoms with E-state index in [1.54, 1.807) is 0 Å². The summed E-state index contributed by atoms with van der Waals surface area (Å²) in [6, 6.07) is 27.3. The van der Waals surface area contributed by atoms with Crippen molar-refractivity contribution in [3.8, 4) is 0 Å². The Balaban J connectivity index is 2.23. The van der Waals surface area contributed by atoms with Crippen molar-refractivity contribution in [2.75, 3.05) is 0 Å². The highest BCUT2D eigenvalue weighted by Crippen LogP contribution is 2.36. The van der Waals surface area contributed by atoms with Gasteiger partial charge < -0.3 is 10.8 Å². The van der Waals surface area contributed by atoms with E-state index in [4.69, 9.17) is 5.73 Å². The van der Waals surface area contributed by atoms with E-state index in [0.717, 1.165) is 22.3 Å². The van der Waals surface area contributed by atoms with Crippen LogP contribution in [0.4, 0.5) is 0 Å². The molecule has 3 rings (SSSR count). The quantitative estimate of drug-likeness (QED) is 0.723. The number of nitrogens with two attached hydrogens (primary N) is 1. The monoisotopic (exact) mass is 289 g/mol. The molecule has 0 aliphatic rings. The molecule has 2 heteroatoms. The van der Waals surface area contributed by atoms with Crippen LogP contribution in [0.3, 0.4) is 0 Å². The second-order valence-corrected chi connectivity index (χ2v) is 5.35. The molecule has 0 bridgehead atoms.